The van der Waals surface area contributed by atoms with E-state index in [-0.39, 0.29) is 11.4 Å². The molecule has 5 nitrogen and oxygen atoms in total. The maximum atomic E-state index is 12.3. The third kappa shape index (κ3) is 1.93. The molecule has 0 fully saturated rings. The lowest BCUT2D eigenvalue weighted by molar-refractivity contribution is 0.453. The number of benzene rings is 1. The third-order valence-electron chi connectivity index (χ3n) is 3.41. The number of fused-ring (bicyclic) bond motifs is 1. The summed E-state index contributed by atoms with van der Waals surface area (Å²) in [6.07, 6.45) is 0. The van der Waals surface area contributed by atoms with Gasteiger partial charge in [-0.3, -0.25) is 9.78 Å². The van der Waals surface area contributed by atoms with Gasteiger partial charge in [0.05, 0.1) is 21.6 Å². The zero-order chi connectivity index (χ0) is 15.1. The largest absolute Gasteiger partial charge is 0.494 e. The number of hydrogen-bond donors (Lipinski definition) is 2. The van der Waals surface area contributed by atoms with Crippen molar-refractivity contribution in [3.63, 3.8) is 0 Å². The lowest BCUT2D eigenvalue weighted by Crippen LogP contribution is -2.05. The standard InChI is InChI=1S/C16H11N3O2S/c20-13-9-11-14(16(21)17-13)15(12-7-4-8-22-12)19(18-11)10-5-2-1-3-6-10/h1-9,20H,(H,17,21). The Labute approximate surface area is 129 Å². The van der Waals surface area contributed by atoms with Crippen molar-refractivity contribution in [3.05, 3.63) is 64.3 Å². The van der Waals surface area contributed by atoms with Gasteiger partial charge in [-0.25, -0.2) is 4.68 Å². The van der Waals surface area contributed by atoms with E-state index in [1.807, 2.05) is 47.8 Å². The Morgan fingerprint density at radius 1 is 1.14 bits per heavy atom. The summed E-state index contributed by atoms with van der Waals surface area (Å²) in [6, 6.07) is 15.0. The fourth-order valence-corrected chi connectivity index (χ4v) is 3.26. The Kier molecular flexibility index (Phi) is 2.83. The van der Waals surface area contributed by atoms with E-state index in [2.05, 4.69) is 10.1 Å². The summed E-state index contributed by atoms with van der Waals surface area (Å²) >= 11 is 1.54. The molecule has 6 heteroatoms. The molecule has 0 unspecified atom stereocenters. The first-order valence-electron chi connectivity index (χ1n) is 6.68. The fraction of sp³-hybridized carbons (Fsp3) is 0. The topological polar surface area (TPSA) is 70.9 Å². The van der Waals surface area contributed by atoms with Gasteiger partial charge < -0.3 is 5.11 Å². The molecule has 0 saturated carbocycles. The molecule has 0 aliphatic carbocycles. The van der Waals surface area contributed by atoms with Crippen LogP contribution in [-0.4, -0.2) is 19.9 Å². The second kappa shape index (κ2) is 4.85. The number of para-hydroxylation sites is 1. The lowest BCUT2D eigenvalue weighted by Gasteiger charge is -2.05. The second-order valence-electron chi connectivity index (χ2n) is 4.82. The highest BCUT2D eigenvalue weighted by atomic mass is 32.1. The lowest BCUT2D eigenvalue weighted by atomic mass is 10.2. The smallest absolute Gasteiger partial charge is 0.262 e. The molecule has 0 bridgehead atoms. The number of rotatable bonds is 2. The summed E-state index contributed by atoms with van der Waals surface area (Å²) in [6.45, 7) is 0. The van der Waals surface area contributed by atoms with Crippen molar-refractivity contribution < 1.29 is 5.11 Å². The minimum absolute atomic E-state index is 0.187. The van der Waals surface area contributed by atoms with Gasteiger partial charge in [0.1, 0.15) is 5.52 Å². The molecule has 1 aromatic carbocycles. The molecule has 0 aliphatic heterocycles. The normalized spacial score (nSPS) is 11.1. The van der Waals surface area contributed by atoms with E-state index >= 15 is 0 Å². The van der Waals surface area contributed by atoms with Gasteiger partial charge in [-0.2, -0.15) is 5.10 Å². The summed E-state index contributed by atoms with van der Waals surface area (Å²) in [4.78, 5) is 15.7. The highest BCUT2D eigenvalue weighted by Crippen LogP contribution is 2.32. The van der Waals surface area contributed by atoms with Crippen LogP contribution in [0.1, 0.15) is 0 Å². The molecule has 108 valence electrons. The Morgan fingerprint density at radius 2 is 1.95 bits per heavy atom. The number of aromatic nitrogens is 3. The Morgan fingerprint density at radius 3 is 2.68 bits per heavy atom. The van der Waals surface area contributed by atoms with Crippen LogP contribution in [0.5, 0.6) is 5.88 Å². The minimum atomic E-state index is -0.347. The number of aromatic hydroxyl groups is 1. The number of H-pyrrole nitrogens is 1. The number of pyridine rings is 1. The first-order valence-corrected chi connectivity index (χ1v) is 7.56. The van der Waals surface area contributed by atoms with Crippen LogP contribution in [0.15, 0.2) is 58.7 Å². The predicted octanol–water partition coefficient (Wildman–Crippen LogP) is 3.15. The van der Waals surface area contributed by atoms with E-state index < -0.39 is 0 Å². The van der Waals surface area contributed by atoms with Crippen molar-refractivity contribution in [1.82, 2.24) is 14.8 Å². The van der Waals surface area contributed by atoms with Gasteiger partial charge in [-0.1, -0.05) is 24.3 Å². The van der Waals surface area contributed by atoms with Crippen molar-refractivity contribution in [2.45, 2.75) is 0 Å². The third-order valence-corrected chi connectivity index (χ3v) is 4.29. The Hall–Kier alpha value is -2.86. The number of nitrogens with one attached hydrogen (secondary N) is 1. The predicted molar refractivity (Wildman–Crippen MR) is 86.7 cm³/mol. The number of aromatic amines is 1. The van der Waals surface area contributed by atoms with E-state index in [0.29, 0.717) is 10.9 Å². The van der Waals surface area contributed by atoms with E-state index in [1.54, 1.807) is 16.0 Å². The van der Waals surface area contributed by atoms with Gasteiger partial charge in [0, 0.05) is 6.07 Å². The van der Waals surface area contributed by atoms with E-state index in [9.17, 15) is 9.90 Å². The van der Waals surface area contributed by atoms with Gasteiger partial charge in [0.2, 0.25) is 0 Å². The van der Waals surface area contributed by atoms with Gasteiger partial charge >= 0.3 is 0 Å². The van der Waals surface area contributed by atoms with Crippen LogP contribution >= 0.6 is 11.3 Å². The molecule has 22 heavy (non-hydrogen) atoms. The number of thiophene rings is 1. The molecule has 2 N–H and O–H groups in total. The van der Waals surface area contributed by atoms with Crippen LogP contribution in [0.4, 0.5) is 0 Å². The van der Waals surface area contributed by atoms with Gasteiger partial charge in [0.25, 0.3) is 5.56 Å². The zero-order valence-corrected chi connectivity index (χ0v) is 12.2. The summed E-state index contributed by atoms with van der Waals surface area (Å²) in [5, 5.41) is 16.5. The summed E-state index contributed by atoms with van der Waals surface area (Å²) in [7, 11) is 0. The maximum absolute atomic E-state index is 12.3. The van der Waals surface area contributed by atoms with E-state index in [4.69, 9.17) is 0 Å². The molecular formula is C16H11N3O2S. The van der Waals surface area contributed by atoms with Crippen LogP contribution in [0, 0.1) is 0 Å². The highest BCUT2D eigenvalue weighted by Gasteiger charge is 2.18. The summed E-state index contributed by atoms with van der Waals surface area (Å²) in [5.41, 5.74) is 1.72. The average molecular weight is 309 g/mol. The molecule has 0 atom stereocenters. The summed E-state index contributed by atoms with van der Waals surface area (Å²) < 4.78 is 1.74. The van der Waals surface area contributed by atoms with Crippen molar-refractivity contribution >= 4 is 22.2 Å². The van der Waals surface area contributed by atoms with E-state index in [0.717, 1.165) is 16.3 Å². The van der Waals surface area contributed by atoms with Crippen molar-refractivity contribution in [2.75, 3.05) is 0 Å². The van der Waals surface area contributed by atoms with Gasteiger partial charge in [0.15, 0.2) is 5.88 Å². The Bertz CT molecular complexity index is 1000. The monoisotopic (exact) mass is 309 g/mol. The van der Waals surface area contributed by atoms with Crippen LogP contribution in [-0.2, 0) is 0 Å². The molecule has 4 rings (SSSR count). The quantitative estimate of drug-likeness (QED) is 0.597. The van der Waals surface area contributed by atoms with E-state index in [1.165, 1.54) is 6.07 Å². The summed E-state index contributed by atoms with van der Waals surface area (Å²) in [5.74, 6) is -0.187. The average Bonchev–Trinajstić information content (AvgIpc) is 3.14. The molecule has 3 aromatic heterocycles. The SMILES string of the molecule is O=c1[nH]c(O)cc2nn(-c3ccccc3)c(-c3cccs3)c12. The molecule has 0 radical (unpaired) electrons. The maximum Gasteiger partial charge on any atom is 0.262 e. The number of nitrogens with zero attached hydrogens (tertiary/aromatic N) is 2. The fourth-order valence-electron chi connectivity index (χ4n) is 2.50. The molecule has 0 aliphatic rings. The molecule has 0 amide bonds. The molecule has 3 heterocycles. The first kappa shape index (κ1) is 12.8. The highest BCUT2D eigenvalue weighted by molar-refractivity contribution is 7.13. The zero-order valence-electron chi connectivity index (χ0n) is 11.4. The Balaban J connectivity index is 2.15. The first-order chi connectivity index (χ1) is 10.7. The second-order valence-corrected chi connectivity index (χ2v) is 5.76. The van der Waals surface area contributed by atoms with Gasteiger partial charge in [-0.05, 0) is 23.6 Å². The minimum Gasteiger partial charge on any atom is -0.494 e. The van der Waals surface area contributed by atoms with Crippen molar-refractivity contribution in [1.29, 1.82) is 0 Å². The van der Waals surface area contributed by atoms with Crippen molar-refractivity contribution in [2.24, 2.45) is 0 Å². The van der Waals surface area contributed by atoms with Crippen LogP contribution in [0.25, 0.3) is 27.2 Å². The van der Waals surface area contributed by atoms with Gasteiger partial charge in [-0.15, -0.1) is 11.3 Å². The van der Waals surface area contributed by atoms with Crippen LogP contribution in [0.2, 0.25) is 0 Å². The van der Waals surface area contributed by atoms with Crippen molar-refractivity contribution in [3.8, 4) is 22.1 Å². The molecule has 0 spiro atoms. The number of hydrogen-bond acceptors (Lipinski definition) is 4. The van der Waals surface area contributed by atoms with Crippen LogP contribution < -0.4 is 5.56 Å². The molecular weight excluding hydrogens is 298 g/mol. The molecule has 0 saturated heterocycles. The molecule has 4 aromatic rings. The van der Waals surface area contributed by atoms with Crippen LogP contribution in [0.3, 0.4) is 0 Å².